The van der Waals surface area contributed by atoms with E-state index in [0.29, 0.717) is 5.56 Å². The third kappa shape index (κ3) is 1.68. The van der Waals surface area contributed by atoms with E-state index in [0.717, 1.165) is 0 Å². The van der Waals surface area contributed by atoms with E-state index in [1.165, 1.54) is 24.3 Å². The highest BCUT2D eigenvalue weighted by Gasteiger charge is 2.52. The summed E-state index contributed by atoms with van der Waals surface area (Å²) >= 11 is 0. The second-order valence-corrected chi connectivity index (χ2v) is 4.20. The molecule has 2 rings (SSSR count). The fourth-order valence-corrected chi connectivity index (χ4v) is 2.22. The highest BCUT2D eigenvalue weighted by molar-refractivity contribution is 5.33. The Bertz CT molecular complexity index is 524. The summed E-state index contributed by atoms with van der Waals surface area (Å²) in [5.41, 5.74) is -0.664. The SMILES string of the molecule is C=C[C@H]1CO[C@H](c2ccc(F)cc2)C1(C#N)C#N. The number of hydrogen-bond acceptors (Lipinski definition) is 3. The molecule has 1 fully saturated rings. The molecular weight excluding hydrogens is 231 g/mol. The van der Waals surface area contributed by atoms with E-state index in [1.54, 1.807) is 6.08 Å². The Morgan fingerprint density at radius 2 is 1.94 bits per heavy atom. The topological polar surface area (TPSA) is 56.8 Å². The lowest BCUT2D eigenvalue weighted by atomic mass is 9.74. The Morgan fingerprint density at radius 1 is 1.33 bits per heavy atom. The van der Waals surface area contributed by atoms with Gasteiger partial charge in [-0.1, -0.05) is 18.2 Å². The largest absolute Gasteiger partial charge is 0.370 e. The molecule has 0 amide bonds. The van der Waals surface area contributed by atoms with Gasteiger partial charge >= 0.3 is 0 Å². The van der Waals surface area contributed by atoms with Gasteiger partial charge in [-0.2, -0.15) is 10.5 Å². The second kappa shape index (κ2) is 4.60. The van der Waals surface area contributed by atoms with Crippen molar-refractivity contribution in [3.05, 3.63) is 48.3 Å². The zero-order chi connectivity index (χ0) is 13.2. The van der Waals surface area contributed by atoms with Crippen molar-refractivity contribution in [2.24, 2.45) is 11.3 Å². The Balaban J connectivity index is 2.46. The lowest BCUT2D eigenvalue weighted by molar-refractivity contribution is 0.0862. The molecule has 0 aromatic heterocycles. The van der Waals surface area contributed by atoms with Crippen LogP contribution in [-0.2, 0) is 4.74 Å². The van der Waals surface area contributed by atoms with E-state index in [2.05, 4.69) is 6.58 Å². The van der Waals surface area contributed by atoms with Gasteiger partial charge in [-0.3, -0.25) is 0 Å². The number of halogens is 1. The van der Waals surface area contributed by atoms with Gasteiger partial charge in [0.15, 0.2) is 5.41 Å². The Kier molecular flexibility index (Phi) is 3.14. The first-order valence-corrected chi connectivity index (χ1v) is 5.50. The van der Waals surface area contributed by atoms with Crippen LogP contribution in [0.3, 0.4) is 0 Å². The van der Waals surface area contributed by atoms with Crippen molar-refractivity contribution in [3.8, 4) is 12.1 Å². The highest BCUT2D eigenvalue weighted by Crippen LogP contribution is 2.48. The zero-order valence-electron chi connectivity index (χ0n) is 9.64. The molecule has 4 heteroatoms. The van der Waals surface area contributed by atoms with Crippen LogP contribution in [0.5, 0.6) is 0 Å². The van der Waals surface area contributed by atoms with E-state index in [-0.39, 0.29) is 18.3 Å². The monoisotopic (exact) mass is 242 g/mol. The van der Waals surface area contributed by atoms with Crippen LogP contribution in [0.2, 0.25) is 0 Å². The van der Waals surface area contributed by atoms with Gasteiger partial charge in [0.05, 0.1) is 18.7 Å². The molecule has 1 saturated heterocycles. The van der Waals surface area contributed by atoms with Gasteiger partial charge < -0.3 is 4.74 Å². The molecular formula is C14H11FN2O. The van der Waals surface area contributed by atoms with Crippen molar-refractivity contribution in [1.29, 1.82) is 10.5 Å². The maximum absolute atomic E-state index is 12.9. The standard InChI is InChI=1S/C14H11FN2O/c1-2-11-7-18-13(14(11,8-16)9-17)10-3-5-12(15)6-4-10/h2-6,11,13H,1,7H2/t11-,13+/m0/s1. The smallest absolute Gasteiger partial charge is 0.182 e. The van der Waals surface area contributed by atoms with Crippen molar-refractivity contribution in [2.45, 2.75) is 6.10 Å². The molecule has 1 aromatic rings. The van der Waals surface area contributed by atoms with Crippen molar-refractivity contribution < 1.29 is 9.13 Å². The predicted octanol–water partition coefficient (Wildman–Crippen LogP) is 2.73. The fraction of sp³-hybridized carbons (Fsp3) is 0.286. The van der Waals surface area contributed by atoms with Crippen LogP contribution in [0.4, 0.5) is 4.39 Å². The van der Waals surface area contributed by atoms with Gasteiger partial charge in [0.1, 0.15) is 11.9 Å². The molecule has 0 unspecified atom stereocenters. The van der Waals surface area contributed by atoms with Crippen LogP contribution >= 0.6 is 0 Å². The summed E-state index contributed by atoms with van der Waals surface area (Å²) in [6.07, 6.45) is 0.895. The zero-order valence-corrected chi connectivity index (χ0v) is 9.64. The van der Waals surface area contributed by atoms with Crippen LogP contribution in [-0.4, -0.2) is 6.61 Å². The maximum Gasteiger partial charge on any atom is 0.182 e. The van der Waals surface area contributed by atoms with E-state index < -0.39 is 11.5 Å². The number of nitriles is 2. The first-order valence-electron chi connectivity index (χ1n) is 5.50. The number of nitrogens with zero attached hydrogens (tertiary/aromatic N) is 2. The van der Waals surface area contributed by atoms with Crippen LogP contribution < -0.4 is 0 Å². The number of benzene rings is 1. The first kappa shape index (κ1) is 12.3. The van der Waals surface area contributed by atoms with Gasteiger partial charge in [-0.05, 0) is 17.7 Å². The molecule has 0 bridgehead atoms. The molecule has 1 aromatic carbocycles. The molecule has 1 aliphatic heterocycles. The third-order valence-corrected chi connectivity index (χ3v) is 3.27. The Labute approximate surface area is 105 Å². The lowest BCUT2D eigenvalue weighted by Gasteiger charge is -2.23. The summed E-state index contributed by atoms with van der Waals surface area (Å²) in [6, 6.07) is 9.74. The Hall–Kier alpha value is -2.17. The fourth-order valence-electron chi connectivity index (χ4n) is 2.22. The normalized spacial score (nSPS) is 25.1. The predicted molar refractivity (Wildman–Crippen MR) is 62.4 cm³/mol. The molecule has 1 aliphatic rings. The van der Waals surface area contributed by atoms with Crippen molar-refractivity contribution in [1.82, 2.24) is 0 Å². The van der Waals surface area contributed by atoms with E-state index >= 15 is 0 Å². The summed E-state index contributed by atoms with van der Waals surface area (Å²) < 4.78 is 18.4. The molecule has 0 saturated carbocycles. The van der Waals surface area contributed by atoms with Crippen molar-refractivity contribution in [3.63, 3.8) is 0 Å². The number of rotatable bonds is 2. The number of ether oxygens (including phenoxy) is 1. The summed E-state index contributed by atoms with van der Waals surface area (Å²) in [7, 11) is 0. The molecule has 1 heterocycles. The van der Waals surface area contributed by atoms with Crippen molar-refractivity contribution >= 4 is 0 Å². The molecule has 0 aliphatic carbocycles. The van der Waals surface area contributed by atoms with Crippen LogP contribution in [0.1, 0.15) is 11.7 Å². The minimum atomic E-state index is -1.29. The summed E-state index contributed by atoms with van der Waals surface area (Å²) in [4.78, 5) is 0. The molecule has 18 heavy (non-hydrogen) atoms. The van der Waals surface area contributed by atoms with E-state index in [4.69, 9.17) is 4.74 Å². The minimum absolute atomic E-state index is 0.270. The van der Waals surface area contributed by atoms with Gasteiger partial charge in [-0.15, -0.1) is 6.58 Å². The van der Waals surface area contributed by atoms with Gasteiger partial charge in [-0.25, -0.2) is 4.39 Å². The molecule has 0 N–H and O–H groups in total. The van der Waals surface area contributed by atoms with Crippen LogP contribution in [0.25, 0.3) is 0 Å². The van der Waals surface area contributed by atoms with Gasteiger partial charge in [0.25, 0.3) is 0 Å². The molecule has 90 valence electrons. The molecule has 0 spiro atoms. The molecule has 3 nitrogen and oxygen atoms in total. The highest BCUT2D eigenvalue weighted by atomic mass is 19.1. The van der Waals surface area contributed by atoms with Gasteiger partial charge in [0.2, 0.25) is 0 Å². The summed E-state index contributed by atoms with van der Waals surface area (Å²) in [5, 5.41) is 18.7. The quantitative estimate of drug-likeness (QED) is 0.749. The minimum Gasteiger partial charge on any atom is -0.370 e. The van der Waals surface area contributed by atoms with Crippen molar-refractivity contribution in [2.75, 3.05) is 6.61 Å². The molecule has 0 radical (unpaired) electrons. The second-order valence-electron chi connectivity index (χ2n) is 4.20. The van der Waals surface area contributed by atoms with E-state index in [9.17, 15) is 14.9 Å². The third-order valence-electron chi connectivity index (χ3n) is 3.27. The number of hydrogen-bond donors (Lipinski definition) is 0. The van der Waals surface area contributed by atoms with Crippen LogP contribution in [0, 0.1) is 39.8 Å². The van der Waals surface area contributed by atoms with Crippen LogP contribution in [0.15, 0.2) is 36.9 Å². The maximum atomic E-state index is 12.9. The van der Waals surface area contributed by atoms with Gasteiger partial charge in [0, 0.05) is 5.92 Å². The summed E-state index contributed by atoms with van der Waals surface area (Å²) in [6.45, 7) is 3.90. The lowest BCUT2D eigenvalue weighted by Crippen LogP contribution is -2.27. The summed E-state index contributed by atoms with van der Waals surface area (Å²) in [5.74, 6) is -0.709. The average molecular weight is 242 g/mol. The van der Waals surface area contributed by atoms with E-state index in [1.807, 2.05) is 12.1 Å². The Morgan fingerprint density at radius 3 is 2.44 bits per heavy atom. The average Bonchev–Trinajstić information content (AvgIpc) is 2.78. The molecule has 2 atom stereocenters. The first-order chi connectivity index (χ1) is 8.67.